The first-order valence-corrected chi connectivity index (χ1v) is 4.83. The van der Waals surface area contributed by atoms with E-state index in [4.69, 9.17) is 0 Å². The lowest BCUT2D eigenvalue weighted by Crippen LogP contribution is -2.06. The molecule has 0 aliphatic carbocycles. The molecule has 4 heteroatoms. The van der Waals surface area contributed by atoms with E-state index in [1.165, 1.54) is 11.0 Å². The van der Waals surface area contributed by atoms with Crippen molar-refractivity contribution in [3.8, 4) is 0 Å². The van der Waals surface area contributed by atoms with E-state index in [1.807, 2.05) is 30.3 Å². The van der Waals surface area contributed by atoms with E-state index in [9.17, 15) is 9.59 Å². The fraction of sp³-hybridized carbons (Fsp3) is 0.167. The fourth-order valence-corrected chi connectivity index (χ4v) is 1.10. The summed E-state index contributed by atoms with van der Waals surface area (Å²) in [4.78, 5) is 24.4. The molecule has 1 N–H and O–H groups in total. The number of aromatic amines is 1. The van der Waals surface area contributed by atoms with Gasteiger partial charge in [-0.1, -0.05) is 18.2 Å². The zero-order valence-corrected chi connectivity index (χ0v) is 9.31. The molecule has 0 unspecified atom stereocenters. The Morgan fingerprint density at radius 1 is 1.12 bits per heavy atom. The summed E-state index contributed by atoms with van der Waals surface area (Å²) in [5.41, 5.74) is 0.837. The molecule has 0 saturated heterocycles. The number of carbonyl (C=O) groups is 1. The van der Waals surface area contributed by atoms with Crippen molar-refractivity contribution in [2.24, 2.45) is 0 Å². The highest BCUT2D eigenvalue weighted by Crippen LogP contribution is 2.06. The molecule has 0 bridgehead atoms. The van der Waals surface area contributed by atoms with E-state index in [0.717, 1.165) is 17.3 Å². The predicted octanol–water partition coefficient (Wildman–Crippen LogP) is 1.23. The molecule has 1 aromatic heterocycles. The first-order valence-electron chi connectivity index (χ1n) is 4.83. The molecule has 4 nitrogen and oxygen atoms in total. The molecule has 0 saturated carbocycles. The Labute approximate surface area is 93.5 Å². The second-order valence-corrected chi connectivity index (χ2v) is 3.48. The van der Waals surface area contributed by atoms with Crippen molar-refractivity contribution in [1.29, 1.82) is 0 Å². The average Bonchev–Trinajstić information content (AvgIpc) is 2.29. The summed E-state index contributed by atoms with van der Waals surface area (Å²) >= 11 is 0. The Morgan fingerprint density at radius 3 is 2.38 bits per heavy atom. The molecule has 1 amide bonds. The lowest BCUT2D eigenvalue weighted by Gasteiger charge is -1.93. The zero-order chi connectivity index (χ0) is 12.0. The summed E-state index contributed by atoms with van der Waals surface area (Å²) in [7, 11) is 3.38. The Hall–Kier alpha value is -2.10. The summed E-state index contributed by atoms with van der Waals surface area (Å²) < 4.78 is 0. The van der Waals surface area contributed by atoms with Crippen molar-refractivity contribution in [1.82, 2.24) is 9.88 Å². The van der Waals surface area contributed by atoms with Gasteiger partial charge >= 0.3 is 0 Å². The number of pyridine rings is 1. The van der Waals surface area contributed by atoms with Gasteiger partial charge in [0.15, 0.2) is 0 Å². The van der Waals surface area contributed by atoms with Gasteiger partial charge in [0.2, 0.25) is 12.0 Å². The maximum Gasteiger partial charge on any atom is 0.248 e. The molecule has 0 fully saturated rings. The van der Waals surface area contributed by atoms with Crippen LogP contribution >= 0.6 is 0 Å². The second-order valence-electron chi connectivity index (χ2n) is 3.48. The van der Waals surface area contributed by atoms with Crippen LogP contribution in [-0.4, -0.2) is 30.4 Å². The standard InChI is InChI=1S/C9H7NO.C3H7NO/c11-9-6-5-7-3-1-2-4-8(7)10-9;1-4(2)3-5/h1-6H,(H,10,11);3H,1-2H3. The monoisotopic (exact) mass is 218 g/mol. The van der Waals surface area contributed by atoms with E-state index in [-0.39, 0.29) is 5.56 Å². The molecule has 1 aromatic carbocycles. The van der Waals surface area contributed by atoms with Gasteiger partial charge in [0.25, 0.3) is 0 Å². The summed E-state index contributed by atoms with van der Waals surface area (Å²) in [6.45, 7) is 0. The SMILES string of the molecule is CN(C)C=O.O=c1ccc2ccccc2[nH]1. The number of H-pyrrole nitrogens is 1. The van der Waals surface area contributed by atoms with Crippen LogP contribution in [0.2, 0.25) is 0 Å². The van der Waals surface area contributed by atoms with Crippen LogP contribution in [0.3, 0.4) is 0 Å². The third kappa shape index (κ3) is 3.57. The summed E-state index contributed by atoms with van der Waals surface area (Å²) in [6, 6.07) is 11.0. The second kappa shape index (κ2) is 5.70. The minimum atomic E-state index is -0.0521. The van der Waals surface area contributed by atoms with Crippen molar-refractivity contribution in [3.05, 3.63) is 46.8 Å². The van der Waals surface area contributed by atoms with Gasteiger partial charge in [0.1, 0.15) is 0 Å². The number of aromatic nitrogens is 1. The molecular formula is C12H14N2O2. The van der Waals surface area contributed by atoms with E-state index in [0.29, 0.717) is 0 Å². The number of benzene rings is 1. The van der Waals surface area contributed by atoms with Crippen molar-refractivity contribution >= 4 is 17.3 Å². The smallest absolute Gasteiger partial charge is 0.248 e. The minimum Gasteiger partial charge on any atom is -0.351 e. The minimum absolute atomic E-state index is 0.0521. The largest absolute Gasteiger partial charge is 0.351 e. The van der Waals surface area contributed by atoms with E-state index < -0.39 is 0 Å². The molecule has 0 radical (unpaired) electrons. The molecule has 16 heavy (non-hydrogen) atoms. The Balaban J connectivity index is 0.000000221. The first kappa shape index (κ1) is 12.0. The molecule has 0 aliphatic rings. The number of rotatable bonds is 1. The van der Waals surface area contributed by atoms with Crippen molar-refractivity contribution in [2.45, 2.75) is 0 Å². The van der Waals surface area contributed by atoms with Gasteiger partial charge in [0, 0.05) is 25.7 Å². The third-order valence-corrected chi connectivity index (χ3v) is 1.84. The Morgan fingerprint density at radius 2 is 1.75 bits per heavy atom. The summed E-state index contributed by atoms with van der Waals surface area (Å²) in [6.07, 6.45) is 0.750. The van der Waals surface area contributed by atoms with Crippen LogP contribution in [0.15, 0.2) is 41.2 Å². The highest BCUT2D eigenvalue weighted by molar-refractivity contribution is 5.77. The number of hydrogen-bond acceptors (Lipinski definition) is 2. The number of para-hydroxylation sites is 1. The molecule has 84 valence electrons. The van der Waals surface area contributed by atoms with E-state index in [2.05, 4.69) is 4.98 Å². The lowest BCUT2D eigenvalue weighted by molar-refractivity contribution is -0.115. The van der Waals surface area contributed by atoms with Gasteiger partial charge in [-0.05, 0) is 17.5 Å². The quantitative estimate of drug-likeness (QED) is 0.732. The molecule has 2 rings (SSSR count). The van der Waals surface area contributed by atoms with Crippen molar-refractivity contribution in [3.63, 3.8) is 0 Å². The maximum absolute atomic E-state index is 10.8. The van der Waals surface area contributed by atoms with Gasteiger partial charge < -0.3 is 9.88 Å². The number of hydrogen-bond donors (Lipinski definition) is 1. The molecular weight excluding hydrogens is 204 g/mol. The lowest BCUT2D eigenvalue weighted by atomic mass is 10.2. The predicted molar refractivity (Wildman–Crippen MR) is 64.3 cm³/mol. The van der Waals surface area contributed by atoms with Crippen molar-refractivity contribution < 1.29 is 4.79 Å². The zero-order valence-electron chi connectivity index (χ0n) is 9.31. The van der Waals surface area contributed by atoms with Crippen LogP contribution in [0.1, 0.15) is 0 Å². The molecule has 0 atom stereocenters. The van der Waals surface area contributed by atoms with Crippen LogP contribution in [0.5, 0.6) is 0 Å². The Kier molecular flexibility index (Phi) is 4.27. The van der Waals surface area contributed by atoms with Gasteiger partial charge in [0.05, 0.1) is 0 Å². The van der Waals surface area contributed by atoms with Crippen LogP contribution in [-0.2, 0) is 4.79 Å². The topological polar surface area (TPSA) is 53.2 Å². The molecule has 2 aromatic rings. The number of nitrogens with zero attached hydrogens (tertiary/aromatic N) is 1. The number of amides is 1. The van der Waals surface area contributed by atoms with Crippen molar-refractivity contribution in [2.75, 3.05) is 14.1 Å². The molecule has 0 spiro atoms. The van der Waals surface area contributed by atoms with E-state index >= 15 is 0 Å². The fourth-order valence-electron chi connectivity index (χ4n) is 1.10. The van der Waals surface area contributed by atoms with Crippen LogP contribution in [0.25, 0.3) is 10.9 Å². The van der Waals surface area contributed by atoms with Gasteiger partial charge in [-0.3, -0.25) is 9.59 Å². The number of carbonyl (C=O) groups excluding carboxylic acids is 1. The molecule has 1 heterocycles. The highest BCUT2D eigenvalue weighted by atomic mass is 16.1. The van der Waals surface area contributed by atoms with Crippen LogP contribution in [0, 0.1) is 0 Å². The summed E-state index contributed by atoms with van der Waals surface area (Å²) in [5, 5.41) is 1.06. The van der Waals surface area contributed by atoms with E-state index in [1.54, 1.807) is 14.1 Å². The van der Waals surface area contributed by atoms with Gasteiger partial charge in [-0.2, -0.15) is 0 Å². The number of nitrogens with one attached hydrogen (secondary N) is 1. The normalized spacial score (nSPS) is 9.12. The van der Waals surface area contributed by atoms with Gasteiger partial charge in [-0.15, -0.1) is 0 Å². The summed E-state index contributed by atoms with van der Waals surface area (Å²) in [5.74, 6) is 0. The third-order valence-electron chi connectivity index (χ3n) is 1.84. The number of fused-ring (bicyclic) bond motifs is 1. The average molecular weight is 218 g/mol. The maximum atomic E-state index is 10.8. The molecule has 0 aliphatic heterocycles. The van der Waals surface area contributed by atoms with Gasteiger partial charge in [-0.25, -0.2) is 0 Å². The van der Waals surface area contributed by atoms with Crippen LogP contribution < -0.4 is 5.56 Å². The van der Waals surface area contributed by atoms with Crippen LogP contribution in [0.4, 0.5) is 0 Å². The first-order chi connectivity index (χ1) is 7.63. The highest BCUT2D eigenvalue weighted by Gasteiger charge is 1.89. The Bertz CT molecular complexity index is 517.